The Bertz CT molecular complexity index is 1370. The molecule has 2 aromatic carbocycles. The van der Waals surface area contributed by atoms with Gasteiger partial charge in [-0.15, -0.1) is 0 Å². The number of aromatic nitrogens is 3. The van der Waals surface area contributed by atoms with E-state index >= 15 is 0 Å². The van der Waals surface area contributed by atoms with E-state index in [4.69, 9.17) is 16.8 Å². The Morgan fingerprint density at radius 2 is 1.79 bits per heavy atom. The van der Waals surface area contributed by atoms with Crippen molar-refractivity contribution >= 4 is 34.4 Å². The molecule has 0 amide bonds. The summed E-state index contributed by atoms with van der Waals surface area (Å²) in [4.78, 5) is 13.0. The molecule has 0 radical (unpaired) electrons. The maximum absolute atomic E-state index is 14.6. The minimum absolute atomic E-state index is 0.327. The molecular weight excluding hydrogens is 457 g/mol. The van der Waals surface area contributed by atoms with Crippen molar-refractivity contribution in [3.05, 3.63) is 82.8 Å². The number of anilines is 1. The molecule has 34 heavy (non-hydrogen) atoms. The monoisotopic (exact) mass is 479 g/mol. The first-order valence-electron chi connectivity index (χ1n) is 10.5. The summed E-state index contributed by atoms with van der Waals surface area (Å²) in [5.74, 6) is -0.0669. The highest BCUT2D eigenvalue weighted by molar-refractivity contribution is 6.34. The van der Waals surface area contributed by atoms with Gasteiger partial charge < -0.3 is 15.6 Å². The molecule has 1 atom stereocenters. The molecule has 174 valence electrons. The fourth-order valence-electron chi connectivity index (χ4n) is 3.62. The molecule has 0 aliphatic rings. The molecule has 0 spiro atoms. The molecule has 0 aliphatic heterocycles. The molecular formula is C25H23ClFN5O2. The standard InChI is InChI=1S/C25H23ClFN5O2/c1-14(18-8-15(10-31-34)4-6-21(18)27)32-23-19-9-16(5-7-22(19)28-13-20(23)26)17-11-29-24(30-12-17)25(2,3)33/h4-14,33-34H,1-3H3,(H,28,32)/t14-/m1/s1. The van der Waals surface area contributed by atoms with Crippen molar-refractivity contribution in [3.8, 4) is 11.1 Å². The van der Waals surface area contributed by atoms with Crippen molar-refractivity contribution in [2.45, 2.75) is 32.4 Å². The first kappa shape index (κ1) is 23.5. The topological polar surface area (TPSA) is 104 Å². The van der Waals surface area contributed by atoms with Gasteiger partial charge in [-0.25, -0.2) is 14.4 Å². The normalized spacial score (nSPS) is 12.9. The molecule has 3 N–H and O–H groups in total. The second kappa shape index (κ2) is 9.32. The fourth-order valence-corrected chi connectivity index (χ4v) is 3.83. The zero-order chi connectivity index (χ0) is 24.5. The molecule has 0 bridgehead atoms. The van der Waals surface area contributed by atoms with E-state index in [0.29, 0.717) is 33.2 Å². The third-order valence-electron chi connectivity index (χ3n) is 5.41. The lowest BCUT2D eigenvalue weighted by Gasteiger charge is -2.20. The van der Waals surface area contributed by atoms with Crippen LogP contribution < -0.4 is 5.32 Å². The minimum Gasteiger partial charge on any atom is -0.411 e. The SMILES string of the molecule is C[C@@H](Nc1c(Cl)cnc2ccc(-c3cnc(C(C)(C)O)nc3)cc12)c1cc(C=NO)ccc1F. The van der Waals surface area contributed by atoms with Gasteiger partial charge in [-0.05, 0) is 56.2 Å². The summed E-state index contributed by atoms with van der Waals surface area (Å²) in [7, 11) is 0. The summed E-state index contributed by atoms with van der Waals surface area (Å²) in [5.41, 5.74) is 2.73. The third kappa shape index (κ3) is 4.83. The summed E-state index contributed by atoms with van der Waals surface area (Å²) in [5, 5.41) is 26.3. The summed E-state index contributed by atoms with van der Waals surface area (Å²) in [6.45, 7) is 5.06. The summed E-state index contributed by atoms with van der Waals surface area (Å²) < 4.78 is 14.6. The van der Waals surface area contributed by atoms with Gasteiger partial charge in [0.2, 0.25) is 0 Å². The quantitative estimate of drug-likeness (QED) is 0.186. The van der Waals surface area contributed by atoms with Crippen molar-refractivity contribution in [2.75, 3.05) is 5.32 Å². The predicted molar refractivity (Wildman–Crippen MR) is 131 cm³/mol. The van der Waals surface area contributed by atoms with Gasteiger partial charge in [0.05, 0.1) is 28.5 Å². The lowest BCUT2D eigenvalue weighted by Crippen LogP contribution is -2.19. The molecule has 9 heteroatoms. The van der Waals surface area contributed by atoms with Gasteiger partial charge in [0, 0.05) is 35.1 Å². The van der Waals surface area contributed by atoms with Crippen molar-refractivity contribution in [3.63, 3.8) is 0 Å². The number of benzene rings is 2. The largest absolute Gasteiger partial charge is 0.411 e. The number of halogens is 2. The molecule has 7 nitrogen and oxygen atoms in total. The van der Waals surface area contributed by atoms with Crippen molar-refractivity contribution in [1.29, 1.82) is 0 Å². The molecule has 4 aromatic rings. The number of nitrogens with one attached hydrogen (secondary N) is 1. The molecule has 2 heterocycles. The van der Waals surface area contributed by atoms with Crippen LogP contribution in [0.2, 0.25) is 5.02 Å². The zero-order valence-electron chi connectivity index (χ0n) is 18.8. The first-order chi connectivity index (χ1) is 16.2. The van der Waals surface area contributed by atoms with E-state index in [9.17, 15) is 9.50 Å². The second-order valence-corrected chi connectivity index (χ2v) is 8.87. The maximum Gasteiger partial charge on any atom is 0.159 e. The Morgan fingerprint density at radius 1 is 1.06 bits per heavy atom. The van der Waals surface area contributed by atoms with Crippen LogP contribution in [0.15, 0.2) is 60.1 Å². The van der Waals surface area contributed by atoms with Crippen LogP contribution in [0.3, 0.4) is 0 Å². The number of hydrogen-bond acceptors (Lipinski definition) is 7. The number of rotatable bonds is 6. The number of hydrogen-bond donors (Lipinski definition) is 3. The van der Waals surface area contributed by atoms with Crippen LogP contribution in [-0.2, 0) is 5.60 Å². The van der Waals surface area contributed by atoms with E-state index in [1.807, 2.05) is 25.1 Å². The summed E-state index contributed by atoms with van der Waals surface area (Å²) >= 11 is 6.50. The van der Waals surface area contributed by atoms with Crippen LogP contribution in [0, 0.1) is 5.82 Å². The van der Waals surface area contributed by atoms with E-state index in [1.165, 1.54) is 18.3 Å². The highest BCUT2D eigenvalue weighted by atomic mass is 35.5. The Hall–Kier alpha value is -3.62. The Labute approximate surface area is 201 Å². The Balaban J connectivity index is 1.73. The maximum atomic E-state index is 14.6. The van der Waals surface area contributed by atoms with E-state index in [2.05, 4.69) is 25.4 Å². The van der Waals surface area contributed by atoms with Gasteiger partial charge in [0.15, 0.2) is 5.82 Å². The number of oxime groups is 1. The number of pyridine rings is 1. The van der Waals surface area contributed by atoms with Crippen LogP contribution >= 0.6 is 11.6 Å². The lowest BCUT2D eigenvalue weighted by atomic mass is 10.0. The first-order valence-corrected chi connectivity index (χ1v) is 10.9. The van der Waals surface area contributed by atoms with Crippen LogP contribution in [-0.4, -0.2) is 31.5 Å². The highest BCUT2D eigenvalue weighted by Gasteiger charge is 2.20. The van der Waals surface area contributed by atoms with Crippen LogP contribution in [0.5, 0.6) is 0 Å². The molecule has 0 saturated carbocycles. The molecule has 0 fully saturated rings. The average molecular weight is 480 g/mol. The van der Waals surface area contributed by atoms with Gasteiger partial charge >= 0.3 is 0 Å². The number of fused-ring (bicyclic) bond motifs is 1. The van der Waals surface area contributed by atoms with Crippen molar-refractivity contribution < 1.29 is 14.7 Å². The van der Waals surface area contributed by atoms with Gasteiger partial charge in [0.25, 0.3) is 0 Å². The lowest BCUT2D eigenvalue weighted by molar-refractivity contribution is 0.0687. The minimum atomic E-state index is -1.14. The molecule has 2 aromatic heterocycles. The molecule has 0 unspecified atom stereocenters. The average Bonchev–Trinajstić information content (AvgIpc) is 2.81. The molecule has 4 rings (SSSR count). The second-order valence-electron chi connectivity index (χ2n) is 8.46. The van der Waals surface area contributed by atoms with Crippen molar-refractivity contribution in [1.82, 2.24) is 15.0 Å². The van der Waals surface area contributed by atoms with Gasteiger partial charge in [-0.1, -0.05) is 28.9 Å². The van der Waals surface area contributed by atoms with Crippen LogP contribution in [0.1, 0.15) is 43.8 Å². The van der Waals surface area contributed by atoms with Gasteiger partial charge in [-0.2, -0.15) is 0 Å². The van der Waals surface area contributed by atoms with Crippen molar-refractivity contribution in [2.24, 2.45) is 5.16 Å². The number of nitrogens with zero attached hydrogens (tertiary/aromatic N) is 4. The summed E-state index contributed by atoms with van der Waals surface area (Å²) in [6, 6.07) is 9.68. The molecule has 0 saturated heterocycles. The Morgan fingerprint density at radius 3 is 2.47 bits per heavy atom. The Kier molecular flexibility index (Phi) is 6.45. The van der Waals surface area contributed by atoms with E-state index in [-0.39, 0.29) is 0 Å². The third-order valence-corrected chi connectivity index (χ3v) is 5.69. The van der Waals surface area contributed by atoms with Crippen LogP contribution in [0.4, 0.5) is 10.1 Å². The zero-order valence-corrected chi connectivity index (χ0v) is 19.5. The van der Waals surface area contributed by atoms with E-state index in [1.54, 1.807) is 38.5 Å². The number of aliphatic hydroxyl groups is 1. The summed E-state index contributed by atoms with van der Waals surface area (Å²) in [6.07, 6.45) is 6.09. The highest BCUT2D eigenvalue weighted by Crippen LogP contribution is 2.35. The molecule has 0 aliphatic carbocycles. The predicted octanol–water partition coefficient (Wildman–Crippen LogP) is 5.69. The fraction of sp³-hybridized carbons (Fsp3) is 0.200. The van der Waals surface area contributed by atoms with Gasteiger partial charge in [0.1, 0.15) is 11.4 Å². The van der Waals surface area contributed by atoms with E-state index < -0.39 is 17.5 Å². The van der Waals surface area contributed by atoms with Gasteiger partial charge in [-0.3, -0.25) is 4.98 Å². The van der Waals surface area contributed by atoms with Crippen LogP contribution in [0.25, 0.3) is 22.0 Å². The smallest absolute Gasteiger partial charge is 0.159 e. The van der Waals surface area contributed by atoms with E-state index in [0.717, 1.165) is 16.5 Å².